The quantitative estimate of drug-likeness (QED) is 0.682. The van der Waals surface area contributed by atoms with E-state index in [1.807, 2.05) is 0 Å². The fraction of sp³-hybridized carbons (Fsp3) is 0.562. The van der Waals surface area contributed by atoms with Gasteiger partial charge in [-0.3, -0.25) is 4.79 Å². The van der Waals surface area contributed by atoms with E-state index in [2.05, 4.69) is 9.46 Å². The molecule has 2 rings (SSSR count). The molecule has 2 atom stereocenters. The number of methoxy groups -OCH3 is 1. The third-order valence-corrected chi connectivity index (χ3v) is 5.49. The van der Waals surface area contributed by atoms with Crippen molar-refractivity contribution in [2.75, 3.05) is 20.3 Å². The van der Waals surface area contributed by atoms with Gasteiger partial charge in [-0.15, -0.1) is 0 Å². The first-order valence-corrected chi connectivity index (χ1v) is 9.87. The lowest BCUT2D eigenvalue weighted by Gasteiger charge is -2.23. The number of esters is 1. The summed E-state index contributed by atoms with van der Waals surface area (Å²) in [5, 5.41) is 0.421. The maximum atomic E-state index is 12.4. The highest BCUT2D eigenvalue weighted by molar-refractivity contribution is 7.89. The highest BCUT2D eigenvalue weighted by atomic mass is 35.5. The van der Waals surface area contributed by atoms with E-state index in [1.54, 1.807) is 0 Å². The van der Waals surface area contributed by atoms with Crippen LogP contribution in [0, 0.1) is 0 Å². The zero-order chi connectivity index (χ0) is 18.3. The first-order valence-electron chi connectivity index (χ1n) is 8.01. The number of rotatable bonds is 8. The summed E-state index contributed by atoms with van der Waals surface area (Å²) < 4.78 is 42.9. The molecule has 7 nitrogen and oxygen atoms in total. The Morgan fingerprint density at radius 3 is 2.68 bits per heavy atom. The summed E-state index contributed by atoms with van der Waals surface area (Å²) in [4.78, 5) is 11.9. The van der Waals surface area contributed by atoms with Crippen LogP contribution >= 0.6 is 11.6 Å². The van der Waals surface area contributed by atoms with Gasteiger partial charge in [-0.25, -0.2) is 8.42 Å². The van der Waals surface area contributed by atoms with E-state index in [-0.39, 0.29) is 24.2 Å². The predicted octanol–water partition coefficient (Wildman–Crippen LogP) is 2.09. The summed E-state index contributed by atoms with van der Waals surface area (Å²) in [6.45, 7) is 0.821. The minimum Gasteiger partial charge on any atom is -0.468 e. The Kier molecular flexibility index (Phi) is 7.64. The van der Waals surface area contributed by atoms with Gasteiger partial charge in [0.25, 0.3) is 0 Å². The van der Waals surface area contributed by atoms with Gasteiger partial charge in [0.2, 0.25) is 10.0 Å². The Balaban J connectivity index is 1.96. The molecule has 0 radical (unpaired) electrons. The van der Waals surface area contributed by atoms with Crippen molar-refractivity contribution in [2.24, 2.45) is 0 Å². The Labute approximate surface area is 152 Å². The van der Waals surface area contributed by atoms with Crippen LogP contribution in [0.1, 0.15) is 25.7 Å². The Bertz CT molecular complexity index is 658. The van der Waals surface area contributed by atoms with Crippen molar-refractivity contribution in [3.63, 3.8) is 0 Å². The van der Waals surface area contributed by atoms with Crippen LogP contribution in [0.25, 0.3) is 0 Å². The summed E-state index contributed by atoms with van der Waals surface area (Å²) in [5.74, 6) is -0.675. The topological polar surface area (TPSA) is 90.9 Å². The molecule has 1 fully saturated rings. The average Bonchev–Trinajstić information content (AvgIpc) is 2.61. The normalized spacial score (nSPS) is 19.4. The maximum Gasteiger partial charge on any atom is 0.323 e. The van der Waals surface area contributed by atoms with Crippen molar-refractivity contribution in [3.8, 4) is 0 Å². The lowest BCUT2D eigenvalue weighted by atomic mass is 10.2. The van der Waals surface area contributed by atoms with E-state index in [9.17, 15) is 13.2 Å². The Morgan fingerprint density at radius 1 is 1.36 bits per heavy atom. The third kappa shape index (κ3) is 6.23. The molecule has 1 aromatic carbocycles. The van der Waals surface area contributed by atoms with Crippen LogP contribution in [-0.2, 0) is 29.0 Å². The van der Waals surface area contributed by atoms with Gasteiger partial charge in [0, 0.05) is 11.6 Å². The van der Waals surface area contributed by atoms with Crippen molar-refractivity contribution in [1.29, 1.82) is 0 Å². The van der Waals surface area contributed by atoms with Gasteiger partial charge in [0.1, 0.15) is 6.04 Å². The zero-order valence-corrected chi connectivity index (χ0v) is 15.5. The molecule has 0 amide bonds. The molecule has 0 aromatic heterocycles. The highest BCUT2D eigenvalue weighted by Gasteiger charge is 2.27. The van der Waals surface area contributed by atoms with Crippen molar-refractivity contribution < 1.29 is 27.4 Å². The van der Waals surface area contributed by atoms with E-state index >= 15 is 0 Å². The van der Waals surface area contributed by atoms with Crippen molar-refractivity contribution in [1.82, 2.24) is 4.72 Å². The standard InChI is InChI=1S/C16H22ClNO6S/c1-22-16(19)14(9-11-24-15-4-2-3-10-23-15)18-25(20,21)13-7-5-12(17)6-8-13/h5-8,14-15,18H,2-4,9-11H2,1H3. The van der Waals surface area contributed by atoms with Crippen LogP contribution in [0.2, 0.25) is 5.02 Å². The fourth-order valence-corrected chi connectivity index (χ4v) is 3.74. The number of carbonyl (C=O) groups excluding carboxylic acids is 1. The molecule has 0 bridgehead atoms. The van der Waals surface area contributed by atoms with Crippen molar-refractivity contribution in [3.05, 3.63) is 29.3 Å². The molecular formula is C16H22ClNO6S. The first-order chi connectivity index (χ1) is 11.9. The van der Waals surface area contributed by atoms with E-state index in [0.29, 0.717) is 11.6 Å². The molecule has 0 aliphatic carbocycles. The molecular weight excluding hydrogens is 370 g/mol. The molecule has 2 unspecified atom stereocenters. The number of halogens is 1. The molecule has 9 heteroatoms. The average molecular weight is 392 g/mol. The van der Waals surface area contributed by atoms with E-state index in [0.717, 1.165) is 19.3 Å². The van der Waals surface area contributed by atoms with E-state index in [4.69, 9.17) is 21.1 Å². The molecule has 1 aromatic rings. The molecule has 0 saturated carbocycles. The fourth-order valence-electron chi connectivity index (χ4n) is 2.40. The molecule has 1 saturated heterocycles. The molecule has 1 N–H and O–H groups in total. The summed E-state index contributed by atoms with van der Waals surface area (Å²) in [7, 11) is -2.68. The number of nitrogens with one attached hydrogen (secondary N) is 1. The van der Waals surface area contributed by atoms with Crippen LogP contribution in [0.3, 0.4) is 0 Å². The maximum absolute atomic E-state index is 12.4. The second kappa shape index (κ2) is 9.49. The third-order valence-electron chi connectivity index (χ3n) is 3.76. The predicted molar refractivity (Wildman–Crippen MR) is 91.7 cm³/mol. The number of sulfonamides is 1. The van der Waals surface area contributed by atoms with Gasteiger partial charge in [0.15, 0.2) is 6.29 Å². The number of hydrogen-bond donors (Lipinski definition) is 1. The van der Waals surface area contributed by atoms with E-state index < -0.39 is 22.0 Å². The van der Waals surface area contributed by atoms with Gasteiger partial charge in [-0.1, -0.05) is 11.6 Å². The SMILES string of the molecule is COC(=O)C(CCOC1CCCCO1)NS(=O)(=O)c1ccc(Cl)cc1. The smallest absolute Gasteiger partial charge is 0.323 e. The lowest BCUT2D eigenvalue weighted by Crippen LogP contribution is -2.42. The summed E-state index contributed by atoms with van der Waals surface area (Å²) in [6, 6.07) is 4.62. The zero-order valence-electron chi connectivity index (χ0n) is 13.9. The van der Waals surface area contributed by atoms with Crippen LogP contribution in [0.15, 0.2) is 29.2 Å². The Hall–Kier alpha value is -1.19. The number of ether oxygens (including phenoxy) is 3. The second-order valence-corrected chi connectivity index (χ2v) is 7.76. The van der Waals surface area contributed by atoms with Crippen molar-refractivity contribution >= 4 is 27.6 Å². The molecule has 1 aliphatic heterocycles. The summed E-state index contributed by atoms with van der Waals surface area (Å²) in [5.41, 5.74) is 0. The van der Waals surface area contributed by atoms with Crippen LogP contribution < -0.4 is 4.72 Å². The largest absolute Gasteiger partial charge is 0.468 e. The molecule has 1 heterocycles. The lowest BCUT2D eigenvalue weighted by molar-refractivity contribution is -0.165. The Morgan fingerprint density at radius 2 is 2.08 bits per heavy atom. The number of hydrogen-bond acceptors (Lipinski definition) is 6. The van der Waals surface area contributed by atoms with Crippen LogP contribution in [0.5, 0.6) is 0 Å². The summed E-state index contributed by atoms with van der Waals surface area (Å²) in [6.07, 6.45) is 2.65. The van der Waals surface area contributed by atoms with Crippen LogP contribution in [-0.4, -0.2) is 47.0 Å². The van der Waals surface area contributed by atoms with Gasteiger partial charge in [0.05, 0.1) is 18.6 Å². The van der Waals surface area contributed by atoms with Crippen molar-refractivity contribution in [2.45, 2.75) is 42.9 Å². The van der Waals surface area contributed by atoms with Gasteiger partial charge < -0.3 is 14.2 Å². The number of benzene rings is 1. The minimum absolute atomic E-state index is 0.0161. The van der Waals surface area contributed by atoms with Gasteiger partial charge in [-0.2, -0.15) is 4.72 Å². The van der Waals surface area contributed by atoms with E-state index in [1.165, 1.54) is 31.4 Å². The van der Waals surface area contributed by atoms with Crippen LogP contribution in [0.4, 0.5) is 0 Å². The minimum atomic E-state index is -3.88. The van der Waals surface area contributed by atoms with Gasteiger partial charge in [-0.05, 0) is 49.9 Å². The summed E-state index contributed by atoms with van der Waals surface area (Å²) >= 11 is 5.76. The second-order valence-electron chi connectivity index (χ2n) is 5.61. The molecule has 25 heavy (non-hydrogen) atoms. The molecule has 1 aliphatic rings. The molecule has 140 valence electrons. The van der Waals surface area contributed by atoms with Gasteiger partial charge >= 0.3 is 5.97 Å². The first kappa shape index (κ1) is 20.1. The molecule has 0 spiro atoms. The highest BCUT2D eigenvalue weighted by Crippen LogP contribution is 2.16. The number of carbonyl (C=O) groups is 1. The monoisotopic (exact) mass is 391 g/mol.